The molecule has 0 radical (unpaired) electrons. The molecule has 0 unspecified atom stereocenters. The molecule has 0 saturated carbocycles. The molecule has 0 bridgehead atoms. The van der Waals surface area contributed by atoms with E-state index in [1.165, 1.54) is 0 Å². The highest BCUT2D eigenvalue weighted by Crippen LogP contribution is 2.28. The standard InChI is InChI=1S/C15H10BrClN2O/c1-8-9(3-2-4-11(8)16)14(20)10-7-19-15-13(10)12(17)5-6-18-15/h2-7H,1H3,(H,18,19). The first kappa shape index (κ1) is 13.3. The molecule has 0 aliphatic rings. The van der Waals surface area contributed by atoms with Crippen LogP contribution in [0.15, 0.2) is 41.1 Å². The molecular weight excluding hydrogens is 340 g/mol. The van der Waals surface area contributed by atoms with Crippen molar-refractivity contribution in [2.75, 3.05) is 0 Å². The molecule has 0 amide bonds. The summed E-state index contributed by atoms with van der Waals surface area (Å²) in [7, 11) is 0. The predicted molar refractivity (Wildman–Crippen MR) is 83.4 cm³/mol. The van der Waals surface area contributed by atoms with E-state index in [0.717, 1.165) is 10.0 Å². The van der Waals surface area contributed by atoms with E-state index in [4.69, 9.17) is 11.6 Å². The van der Waals surface area contributed by atoms with E-state index in [1.54, 1.807) is 18.5 Å². The van der Waals surface area contributed by atoms with Gasteiger partial charge in [0.1, 0.15) is 5.65 Å². The van der Waals surface area contributed by atoms with Crippen molar-refractivity contribution in [3.05, 3.63) is 62.8 Å². The number of rotatable bonds is 2. The lowest BCUT2D eigenvalue weighted by molar-refractivity contribution is 0.103. The van der Waals surface area contributed by atoms with Crippen LogP contribution in [0.25, 0.3) is 11.0 Å². The van der Waals surface area contributed by atoms with Gasteiger partial charge in [0.05, 0.1) is 10.6 Å². The molecule has 1 N–H and O–H groups in total. The molecule has 3 nitrogen and oxygen atoms in total. The second-order valence-corrected chi connectivity index (χ2v) is 5.72. The van der Waals surface area contributed by atoms with Crippen LogP contribution in [-0.2, 0) is 0 Å². The first-order valence-corrected chi connectivity index (χ1v) is 7.18. The van der Waals surface area contributed by atoms with Gasteiger partial charge < -0.3 is 4.98 Å². The number of carbonyl (C=O) groups is 1. The third-order valence-corrected chi connectivity index (χ3v) is 4.45. The highest BCUT2D eigenvalue weighted by Gasteiger charge is 2.19. The van der Waals surface area contributed by atoms with Gasteiger partial charge in [0.2, 0.25) is 0 Å². The van der Waals surface area contributed by atoms with Crippen LogP contribution in [-0.4, -0.2) is 15.8 Å². The van der Waals surface area contributed by atoms with E-state index in [0.29, 0.717) is 27.2 Å². The highest BCUT2D eigenvalue weighted by atomic mass is 79.9. The number of nitrogens with zero attached hydrogens (tertiary/aromatic N) is 1. The van der Waals surface area contributed by atoms with E-state index >= 15 is 0 Å². The van der Waals surface area contributed by atoms with Gasteiger partial charge in [-0.05, 0) is 24.6 Å². The normalized spacial score (nSPS) is 10.9. The average Bonchev–Trinajstić information content (AvgIpc) is 2.86. The number of pyridine rings is 1. The Labute approximate surface area is 129 Å². The van der Waals surface area contributed by atoms with Gasteiger partial charge in [0, 0.05) is 27.8 Å². The van der Waals surface area contributed by atoms with Crippen molar-refractivity contribution in [3.63, 3.8) is 0 Å². The van der Waals surface area contributed by atoms with Gasteiger partial charge in [-0.1, -0.05) is 39.7 Å². The maximum Gasteiger partial charge on any atom is 0.195 e. The summed E-state index contributed by atoms with van der Waals surface area (Å²) >= 11 is 9.63. The van der Waals surface area contributed by atoms with Crippen molar-refractivity contribution >= 4 is 44.3 Å². The topological polar surface area (TPSA) is 45.8 Å². The molecule has 0 aliphatic carbocycles. The van der Waals surface area contributed by atoms with Gasteiger partial charge in [-0.2, -0.15) is 0 Å². The van der Waals surface area contributed by atoms with E-state index in [2.05, 4.69) is 25.9 Å². The minimum Gasteiger partial charge on any atom is -0.345 e. The zero-order valence-corrected chi connectivity index (χ0v) is 12.9. The largest absolute Gasteiger partial charge is 0.345 e. The molecule has 3 aromatic rings. The molecule has 20 heavy (non-hydrogen) atoms. The third kappa shape index (κ3) is 2.05. The molecule has 0 atom stereocenters. The summed E-state index contributed by atoms with van der Waals surface area (Å²) in [6, 6.07) is 7.25. The van der Waals surface area contributed by atoms with Crippen LogP contribution in [0.2, 0.25) is 5.02 Å². The maximum atomic E-state index is 12.7. The van der Waals surface area contributed by atoms with Crippen LogP contribution in [0.4, 0.5) is 0 Å². The maximum absolute atomic E-state index is 12.7. The summed E-state index contributed by atoms with van der Waals surface area (Å²) in [6.07, 6.45) is 3.27. The molecule has 3 rings (SSSR count). The smallest absolute Gasteiger partial charge is 0.195 e. The lowest BCUT2D eigenvalue weighted by Crippen LogP contribution is -2.03. The van der Waals surface area contributed by atoms with Crippen LogP contribution >= 0.6 is 27.5 Å². The van der Waals surface area contributed by atoms with Gasteiger partial charge >= 0.3 is 0 Å². The van der Waals surface area contributed by atoms with Crippen LogP contribution in [0.5, 0.6) is 0 Å². The third-order valence-electron chi connectivity index (χ3n) is 3.28. The summed E-state index contributed by atoms with van der Waals surface area (Å²) in [6.45, 7) is 1.91. The Kier molecular flexibility index (Phi) is 3.36. The minimum absolute atomic E-state index is 0.0649. The molecule has 2 heterocycles. The van der Waals surface area contributed by atoms with Crippen molar-refractivity contribution < 1.29 is 4.79 Å². The molecule has 0 spiro atoms. The predicted octanol–water partition coefficient (Wildman–Crippen LogP) is 4.52. The zero-order valence-electron chi connectivity index (χ0n) is 10.6. The quantitative estimate of drug-likeness (QED) is 0.691. The Morgan fingerprint density at radius 3 is 2.90 bits per heavy atom. The van der Waals surface area contributed by atoms with Crippen molar-refractivity contribution in [1.82, 2.24) is 9.97 Å². The summed E-state index contributed by atoms with van der Waals surface area (Å²) < 4.78 is 0.910. The summed E-state index contributed by atoms with van der Waals surface area (Å²) in [5.41, 5.74) is 2.72. The Morgan fingerprint density at radius 2 is 2.10 bits per heavy atom. The number of nitrogens with one attached hydrogen (secondary N) is 1. The summed E-state index contributed by atoms with van der Waals surface area (Å²) in [5.74, 6) is -0.0649. The van der Waals surface area contributed by atoms with Crippen LogP contribution in [0.1, 0.15) is 21.5 Å². The zero-order chi connectivity index (χ0) is 14.3. The van der Waals surface area contributed by atoms with Crippen LogP contribution < -0.4 is 0 Å². The molecular formula is C15H10BrClN2O. The molecule has 0 saturated heterocycles. The second-order valence-electron chi connectivity index (χ2n) is 4.46. The van der Waals surface area contributed by atoms with Crippen molar-refractivity contribution in [3.8, 4) is 0 Å². The SMILES string of the molecule is Cc1c(Br)cccc1C(=O)c1c[nH]c2nccc(Cl)c12. The summed E-state index contributed by atoms with van der Waals surface area (Å²) in [5, 5.41) is 1.19. The molecule has 2 aromatic heterocycles. The van der Waals surface area contributed by atoms with E-state index < -0.39 is 0 Å². The van der Waals surface area contributed by atoms with Crippen LogP contribution in [0.3, 0.4) is 0 Å². The number of aromatic amines is 1. The molecule has 5 heteroatoms. The number of aromatic nitrogens is 2. The fraction of sp³-hybridized carbons (Fsp3) is 0.0667. The molecule has 0 fully saturated rings. The minimum atomic E-state index is -0.0649. The Bertz CT molecular complexity index is 826. The fourth-order valence-corrected chi connectivity index (χ4v) is 2.81. The number of carbonyl (C=O) groups excluding carboxylic acids is 1. The Balaban J connectivity index is 2.21. The number of ketones is 1. The number of halogens is 2. The fourth-order valence-electron chi connectivity index (χ4n) is 2.19. The number of benzene rings is 1. The van der Waals surface area contributed by atoms with Crippen molar-refractivity contribution in [1.29, 1.82) is 0 Å². The van der Waals surface area contributed by atoms with E-state index in [-0.39, 0.29) is 5.78 Å². The van der Waals surface area contributed by atoms with Gasteiger partial charge in [0.15, 0.2) is 5.78 Å². The summed E-state index contributed by atoms with van der Waals surface area (Å²) in [4.78, 5) is 19.9. The second kappa shape index (κ2) is 5.04. The monoisotopic (exact) mass is 348 g/mol. The van der Waals surface area contributed by atoms with Crippen molar-refractivity contribution in [2.24, 2.45) is 0 Å². The lowest BCUT2D eigenvalue weighted by atomic mass is 9.99. The van der Waals surface area contributed by atoms with Crippen LogP contribution in [0, 0.1) is 6.92 Å². The number of fused-ring (bicyclic) bond motifs is 1. The lowest BCUT2D eigenvalue weighted by Gasteiger charge is -2.06. The Hall–Kier alpha value is -1.65. The van der Waals surface area contributed by atoms with Gasteiger partial charge in [-0.15, -0.1) is 0 Å². The molecule has 100 valence electrons. The number of hydrogen-bond acceptors (Lipinski definition) is 2. The highest BCUT2D eigenvalue weighted by molar-refractivity contribution is 9.10. The van der Waals surface area contributed by atoms with Gasteiger partial charge in [0.25, 0.3) is 0 Å². The molecule has 0 aliphatic heterocycles. The van der Waals surface area contributed by atoms with E-state index in [9.17, 15) is 4.79 Å². The number of hydrogen-bond donors (Lipinski definition) is 1. The first-order valence-electron chi connectivity index (χ1n) is 6.01. The van der Waals surface area contributed by atoms with Crippen molar-refractivity contribution in [2.45, 2.75) is 6.92 Å². The average molecular weight is 350 g/mol. The first-order chi connectivity index (χ1) is 9.59. The molecule has 1 aromatic carbocycles. The van der Waals surface area contributed by atoms with Gasteiger partial charge in [-0.3, -0.25) is 4.79 Å². The number of H-pyrrole nitrogens is 1. The van der Waals surface area contributed by atoms with Gasteiger partial charge in [-0.25, -0.2) is 4.98 Å². The Morgan fingerprint density at radius 1 is 1.30 bits per heavy atom. The van der Waals surface area contributed by atoms with E-state index in [1.807, 2.05) is 25.1 Å².